The van der Waals surface area contributed by atoms with Gasteiger partial charge in [-0.15, -0.1) is 0 Å². The van der Waals surface area contributed by atoms with Crippen molar-refractivity contribution in [1.82, 2.24) is 0 Å². The van der Waals surface area contributed by atoms with Crippen molar-refractivity contribution in [3.05, 3.63) is 0 Å². The Bertz CT molecular complexity index is 113. The molecule has 0 fully saturated rings. The van der Waals surface area contributed by atoms with Crippen molar-refractivity contribution < 1.29 is 42.6 Å². The molecule has 0 saturated carbocycles. The van der Waals surface area contributed by atoms with Crippen LogP contribution in [0.25, 0.3) is 0 Å². The van der Waals surface area contributed by atoms with Gasteiger partial charge in [0.2, 0.25) is 0 Å². The summed E-state index contributed by atoms with van der Waals surface area (Å²) in [6, 6.07) is 0. The van der Waals surface area contributed by atoms with Crippen LogP contribution >= 0.6 is 0 Å². The van der Waals surface area contributed by atoms with Gasteiger partial charge in [0.25, 0.3) is 0 Å². The van der Waals surface area contributed by atoms with E-state index in [1.807, 2.05) is 6.92 Å². The predicted octanol–water partition coefficient (Wildman–Crippen LogP) is 3.17. The van der Waals surface area contributed by atoms with Gasteiger partial charge in [-0.25, -0.2) is 0 Å². The second-order valence-electron chi connectivity index (χ2n) is 3.45. The number of carboxylic acid groups (broad SMARTS) is 1. The topological polar surface area (TPSA) is 37.3 Å². The monoisotopic (exact) mass is 263 g/mol. The van der Waals surface area contributed by atoms with Crippen molar-refractivity contribution in [2.75, 3.05) is 0 Å². The van der Waals surface area contributed by atoms with Gasteiger partial charge in [-0.3, -0.25) is 4.79 Å². The minimum Gasteiger partial charge on any atom is -0.481 e. The first-order valence-corrected chi connectivity index (χ1v) is 4.68. The zero-order valence-corrected chi connectivity index (χ0v) is 12.3. The summed E-state index contributed by atoms with van der Waals surface area (Å²) in [5.74, 6) is -0.00231. The molecular formula is C10H22O2Y. The fourth-order valence-electron chi connectivity index (χ4n) is 0.175. The Balaban J connectivity index is -0.000000150. The molecule has 1 radical (unpaired) electrons. The Morgan fingerprint density at radius 2 is 1.46 bits per heavy atom. The van der Waals surface area contributed by atoms with E-state index in [0.29, 0.717) is 0 Å². The van der Waals surface area contributed by atoms with E-state index in [0.717, 1.165) is 12.3 Å². The van der Waals surface area contributed by atoms with Gasteiger partial charge in [0.05, 0.1) is 5.92 Å². The molecule has 0 bridgehead atoms. The van der Waals surface area contributed by atoms with E-state index in [1.54, 1.807) is 6.92 Å². The van der Waals surface area contributed by atoms with Crippen molar-refractivity contribution in [3.63, 3.8) is 0 Å². The molecule has 0 heterocycles. The molecule has 1 atom stereocenters. The van der Waals surface area contributed by atoms with E-state index in [2.05, 4.69) is 20.8 Å². The Labute approximate surface area is 107 Å². The van der Waals surface area contributed by atoms with Crippen LogP contribution in [-0.4, -0.2) is 11.1 Å². The fraction of sp³-hybridized carbons (Fsp3) is 0.900. The van der Waals surface area contributed by atoms with E-state index in [-0.39, 0.29) is 38.6 Å². The summed E-state index contributed by atoms with van der Waals surface area (Å²) in [6.07, 6.45) is 2.02. The first-order chi connectivity index (χ1) is 5.45. The van der Waals surface area contributed by atoms with Crippen LogP contribution in [0, 0.1) is 11.8 Å². The van der Waals surface area contributed by atoms with E-state index in [1.165, 1.54) is 6.42 Å². The Morgan fingerprint density at radius 1 is 1.15 bits per heavy atom. The molecule has 0 aliphatic rings. The normalized spacial score (nSPS) is 10.9. The van der Waals surface area contributed by atoms with Crippen LogP contribution in [0.3, 0.4) is 0 Å². The Morgan fingerprint density at radius 3 is 1.46 bits per heavy atom. The largest absolute Gasteiger partial charge is 0.481 e. The summed E-state index contributed by atoms with van der Waals surface area (Å²) in [4.78, 5) is 9.93. The second kappa shape index (κ2) is 12.6. The van der Waals surface area contributed by atoms with Crippen molar-refractivity contribution in [2.45, 2.75) is 47.5 Å². The molecule has 0 aromatic carbocycles. The summed E-state index contributed by atoms with van der Waals surface area (Å²) in [7, 11) is 0. The predicted molar refractivity (Wildman–Crippen MR) is 52.2 cm³/mol. The maximum atomic E-state index is 9.93. The number of rotatable bonds is 3. The maximum absolute atomic E-state index is 9.93. The summed E-state index contributed by atoms with van der Waals surface area (Å²) >= 11 is 0. The molecule has 13 heavy (non-hydrogen) atoms. The molecule has 0 aromatic heterocycles. The molecule has 0 aliphatic heterocycles. The number of aliphatic carboxylic acids is 1. The molecule has 0 aromatic rings. The minimum absolute atomic E-state index is 0. The van der Waals surface area contributed by atoms with Gasteiger partial charge in [-0.05, 0) is 12.3 Å². The van der Waals surface area contributed by atoms with E-state index in [9.17, 15) is 4.79 Å². The van der Waals surface area contributed by atoms with E-state index < -0.39 is 5.97 Å². The van der Waals surface area contributed by atoms with Gasteiger partial charge in [-0.2, -0.15) is 0 Å². The SMILES string of the molecule is CCC(C)C.CCC(C)C(=O)O.[Y]. The van der Waals surface area contributed by atoms with Crippen molar-refractivity contribution in [2.24, 2.45) is 11.8 Å². The van der Waals surface area contributed by atoms with Gasteiger partial charge in [-0.1, -0.05) is 41.0 Å². The molecule has 0 saturated heterocycles. The van der Waals surface area contributed by atoms with Crippen LogP contribution in [0.2, 0.25) is 0 Å². The molecule has 0 rings (SSSR count). The molecule has 2 nitrogen and oxygen atoms in total. The average Bonchev–Trinajstić information content (AvgIpc) is 2.04. The standard InChI is InChI=1S/C5H10O2.C5H12.Y/c1-3-4(2)5(6)7;1-4-5(2)3;/h4H,3H2,1-2H3,(H,6,7);5H,4H2,1-3H3;. The molecule has 77 valence electrons. The van der Waals surface area contributed by atoms with Crippen molar-refractivity contribution in [1.29, 1.82) is 0 Å². The zero-order valence-electron chi connectivity index (χ0n) is 9.50. The summed E-state index contributed by atoms with van der Waals surface area (Å²) in [5, 5.41) is 8.18. The maximum Gasteiger partial charge on any atom is 0.306 e. The van der Waals surface area contributed by atoms with Crippen LogP contribution in [-0.2, 0) is 37.5 Å². The second-order valence-corrected chi connectivity index (χ2v) is 3.45. The van der Waals surface area contributed by atoms with Crippen LogP contribution in [0.4, 0.5) is 0 Å². The van der Waals surface area contributed by atoms with Crippen LogP contribution < -0.4 is 0 Å². The minimum atomic E-state index is -0.706. The first-order valence-electron chi connectivity index (χ1n) is 4.68. The molecule has 1 N–H and O–H groups in total. The number of carbonyl (C=O) groups is 1. The fourth-order valence-corrected chi connectivity index (χ4v) is 0.175. The van der Waals surface area contributed by atoms with Gasteiger partial charge in [0.15, 0.2) is 0 Å². The van der Waals surface area contributed by atoms with E-state index >= 15 is 0 Å². The van der Waals surface area contributed by atoms with Crippen LogP contribution in [0.5, 0.6) is 0 Å². The van der Waals surface area contributed by atoms with Gasteiger partial charge < -0.3 is 5.11 Å². The summed E-state index contributed by atoms with van der Waals surface area (Å²) in [5.41, 5.74) is 0. The third-order valence-corrected chi connectivity index (χ3v) is 1.85. The van der Waals surface area contributed by atoms with Gasteiger partial charge in [0, 0.05) is 32.7 Å². The third-order valence-electron chi connectivity index (χ3n) is 1.85. The molecule has 0 spiro atoms. The molecule has 0 aliphatic carbocycles. The summed E-state index contributed by atoms with van der Waals surface area (Å²) < 4.78 is 0. The number of hydrogen-bond donors (Lipinski definition) is 1. The van der Waals surface area contributed by atoms with Crippen LogP contribution in [0.15, 0.2) is 0 Å². The molecule has 0 amide bonds. The number of carboxylic acids is 1. The summed E-state index contributed by atoms with van der Waals surface area (Å²) in [6.45, 7) is 10.2. The number of hydrogen-bond acceptors (Lipinski definition) is 1. The van der Waals surface area contributed by atoms with Gasteiger partial charge >= 0.3 is 5.97 Å². The van der Waals surface area contributed by atoms with E-state index in [4.69, 9.17) is 5.11 Å². The van der Waals surface area contributed by atoms with Crippen LogP contribution in [0.1, 0.15) is 47.5 Å². The third kappa shape index (κ3) is 19.1. The van der Waals surface area contributed by atoms with Crippen molar-refractivity contribution >= 4 is 5.97 Å². The first kappa shape index (κ1) is 19.2. The average molecular weight is 263 g/mol. The van der Waals surface area contributed by atoms with Crippen molar-refractivity contribution in [3.8, 4) is 0 Å². The quantitative estimate of drug-likeness (QED) is 0.849. The molecule has 3 heteroatoms. The zero-order chi connectivity index (χ0) is 10.1. The Kier molecular flexibility index (Phi) is 18.6. The van der Waals surface area contributed by atoms with Gasteiger partial charge in [0.1, 0.15) is 0 Å². The Hall–Kier alpha value is 0.574. The molecular weight excluding hydrogens is 241 g/mol. The smallest absolute Gasteiger partial charge is 0.306 e. The molecule has 1 unspecified atom stereocenters.